The Morgan fingerprint density at radius 3 is 2.63 bits per heavy atom. The Hall–Kier alpha value is -0.810. The molecule has 1 heterocycles. The maximum Gasteiger partial charge on any atom is 0.0558 e. The van der Waals surface area contributed by atoms with Crippen LogP contribution in [0.1, 0.15) is 12.0 Å². The number of hydrogen-bond acceptors (Lipinski definition) is 4. The van der Waals surface area contributed by atoms with Gasteiger partial charge in [-0.2, -0.15) is 0 Å². The molecule has 0 unspecified atom stereocenters. The third-order valence-corrected chi connectivity index (χ3v) is 3.92. The second-order valence-corrected chi connectivity index (χ2v) is 5.45. The van der Waals surface area contributed by atoms with Crippen LogP contribution in [-0.4, -0.2) is 54.2 Å². The van der Waals surface area contributed by atoms with Gasteiger partial charge in [-0.25, -0.2) is 0 Å². The number of nitrogens with two attached hydrogens (primary N) is 1. The van der Waals surface area contributed by atoms with Gasteiger partial charge in [-0.05, 0) is 37.2 Å². The maximum absolute atomic E-state index is 8.99. The van der Waals surface area contributed by atoms with Crippen LogP contribution in [0.2, 0.25) is 5.02 Å². The molecule has 0 aliphatic carbocycles. The Morgan fingerprint density at radius 1 is 1.16 bits per heavy atom. The number of hydrogen-bond donors (Lipinski definition) is 2. The summed E-state index contributed by atoms with van der Waals surface area (Å²) in [6.07, 6.45) is 1.13. The zero-order chi connectivity index (χ0) is 13.7. The SMILES string of the molecule is Nc1ccc(CN2CCCN(CCO)CC2)c(Cl)c1. The van der Waals surface area contributed by atoms with Crippen LogP contribution in [0.15, 0.2) is 18.2 Å². The van der Waals surface area contributed by atoms with Crippen LogP contribution >= 0.6 is 11.6 Å². The molecule has 0 amide bonds. The van der Waals surface area contributed by atoms with Crippen molar-refractivity contribution in [1.82, 2.24) is 9.80 Å². The molecular formula is C14H22ClN3O. The average Bonchev–Trinajstić information content (AvgIpc) is 2.59. The second-order valence-electron chi connectivity index (χ2n) is 5.05. The molecule has 1 fully saturated rings. The van der Waals surface area contributed by atoms with E-state index >= 15 is 0 Å². The Morgan fingerprint density at radius 2 is 1.89 bits per heavy atom. The first-order chi connectivity index (χ1) is 9.19. The van der Waals surface area contributed by atoms with Crippen molar-refractivity contribution in [3.63, 3.8) is 0 Å². The lowest BCUT2D eigenvalue weighted by Crippen LogP contribution is -2.32. The number of nitrogen functional groups attached to an aromatic ring is 1. The summed E-state index contributed by atoms with van der Waals surface area (Å²) in [4.78, 5) is 4.72. The Kier molecular flexibility index (Phi) is 5.45. The van der Waals surface area contributed by atoms with E-state index in [1.54, 1.807) is 0 Å². The van der Waals surface area contributed by atoms with Crippen molar-refractivity contribution in [1.29, 1.82) is 0 Å². The van der Waals surface area contributed by atoms with Crippen LogP contribution in [0.5, 0.6) is 0 Å². The van der Waals surface area contributed by atoms with Crippen molar-refractivity contribution in [3.8, 4) is 0 Å². The molecule has 0 saturated carbocycles. The standard InChI is InChI=1S/C14H22ClN3O/c15-14-10-13(16)3-2-12(14)11-18-5-1-4-17(6-7-18)8-9-19/h2-3,10,19H,1,4-9,11,16H2. The predicted molar refractivity (Wildman–Crippen MR) is 79.3 cm³/mol. The lowest BCUT2D eigenvalue weighted by atomic mass is 10.2. The van der Waals surface area contributed by atoms with Crippen LogP contribution in [-0.2, 0) is 6.54 Å². The van der Waals surface area contributed by atoms with Crippen molar-refractivity contribution in [2.45, 2.75) is 13.0 Å². The molecule has 19 heavy (non-hydrogen) atoms. The lowest BCUT2D eigenvalue weighted by Gasteiger charge is -2.21. The van der Waals surface area contributed by atoms with Gasteiger partial charge >= 0.3 is 0 Å². The molecular weight excluding hydrogens is 262 g/mol. The molecule has 106 valence electrons. The van der Waals surface area contributed by atoms with E-state index in [1.807, 2.05) is 18.2 Å². The smallest absolute Gasteiger partial charge is 0.0558 e. The van der Waals surface area contributed by atoms with Gasteiger partial charge in [0.2, 0.25) is 0 Å². The fourth-order valence-electron chi connectivity index (χ4n) is 2.48. The highest BCUT2D eigenvalue weighted by atomic mass is 35.5. The molecule has 3 N–H and O–H groups in total. The molecule has 2 rings (SSSR count). The summed E-state index contributed by atoms with van der Waals surface area (Å²) >= 11 is 6.22. The van der Waals surface area contributed by atoms with Crippen LogP contribution in [0, 0.1) is 0 Å². The minimum Gasteiger partial charge on any atom is -0.399 e. The van der Waals surface area contributed by atoms with E-state index in [0.717, 1.165) is 56.3 Å². The molecule has 0 spiro atoms. The molecule has 1 aliphatic rings. The highest BCUT2D eigenvalue weighted by molar-refractivity contribution is 6.31. The highest BCUT2D eigenvalue weighted by Gasteiger charge is 2.15. The van der Waals surface area contributed by atoms with E-state index in [9.17, 15) is 0 Å². The lowest BCUT2D eigenvalue weighted by molar-refractivity contribution is 0.196. The molecule has 1 aliphatic heterocycles. The summed E-state index contributed by atoms with van der Waals surface area (Å²) in [5, 5.41) is 9.74. The van der Waals surface area contributed by atoms with Crippen molar-refractivity contribution in [3.05, 3.63) is 28.8 Å². The minimum absolute atomic E-state index is 0.240. The number of halogens is 1. The quantitative estimate of drug-likeness (QED) is 0.821. The fraction of sp³-hybridized carbons (Fsp3) is 0.571. The highest BCUT2D eigenvalue weighted by Crippen LogP contribution is 2.21. The van der Waals surface area contributed by atoms with Crippen LogP contribution in [0.4, 0.5) is 5.69 Å². The van der Waals surface area contributed by atoms with Crippen molar-refractivity contribution < 1.29 is 5.11 Å². The molecule has 0 aromatic heterocycles. The van der Waals surface area contributed by atoms with Crippen LogP contribution < -0.4 is 5.73 Å². The number of benzene rings is 1. The van der Waals surface area contributed by atoms with Gasteiger partial charge in [-0.15, -0.1) is 0 Å². The summed E-state index contributed by atoms with van der Waals surface area (Å²) < 4.78 is 0. The molecule has 1 aromatic rings. The number of anilines is 1. The normalized spacial score (nSPS) is 18.4. The summed E-state index contributed by atoms with van der Waals surface area (Å²) in [6.45, 7) is 6.04. The van der Waals surface area contributed by atoms with Gasteiger partial charge < -0.3 is 10.8 Å². The van der Waals surface area contributed by atoms with Crippen molar-refractivity contribution >= 4 is 17.3 Å². The first-order valence-electron chi connectivity index (χ1n) is 6.78. The Bertz CT molecular complexity index is 414. The van der Waals surface area contributed by atoms with E-state index in [2.05, 4.69) is 9.80 Å². The van der Waals surface area contributed by atoms with Gasteiger partial charge in [0.15, 0.2) is 0 Å². The van der Waals surface area contributed by atoms with Crippen molar-refractivity contribution in [2.24, 2.45) is 0 Å². The molecule has 1 aromatic carbocycles. The summed E-state index contributed by atoms with van der Waals surface area (Å²) in [6, 6.07) is 5.72. The first kappa shape index (κ1) is 14.6. The largest absolute Gasteiger partial charge is 0.399 e. The average molecular weight is 284 g/mol. The zero-order valence-electron chi connectivity index (χ0n) is 11.2. The van der Waals surface area contributed by atoms with E-state index < -0.39 is 0 Å². The minimum atomic E-state index is 0.240. The van der Waals surface area contributed by atoms with Crippen LogP contribution in [0.3, 0.4) is 0 Å². The summed E-state index contributed by atoms with van der Waals surface area (Å²) in [7, 11) is 0. The number of aliphatic hydroxyl groups is 1. The molecule has 0 atom stereocenters. The fourth-order valence-corrected chi connectivity index (χ4v) is 2.73. The second kappa shape index (κ2) is 7.10. The van der Waals surface area contributed by atoms with Gasteiger partial charge in [0.25, 0.3) is 0 Å². The molecule has 0 radical (unpaired) electrons. The molecule has 0 bridgehead atoms. The predicted octanol–water partition coefficient (Wildman–Crippen LogP) is 1.42. The van der Waals surface area contributed by atoms with Gasteiger partial charge in [0.1, 0.15) is 0 Å². The van der Waals surface area contributed by atoms with Crippen molar-refractivity contribution in [2.75, 3.05) is 45.1 Å². The Labute approximate surface area is 119 Å². The van der Waals surface area contributed by atoms with E-state index in [4.69, 9.17) is 22.4 Å². The van der Waals surface area contributed by atoms with E-state index in [0.29, 0.717) is 5.69 Å². The van der Waals surface area contributed by atoms with Gasteiger partial charge in [0.05, 0.1) is 6.61 Å². The number of β-amino-alcohol motifs (C(OH)–C–C–N with tert-alkyl or cyclic N) is 1. The maximum atomic E-state index is 8.99. The summed E-state index contributed by atoms with van der Waals surface area (Å²) in [5.41, 5.74) is 7.55. The number of nitrogens with zero attached hydrogens (tertiary/aromatic N) is 2. The molecule has 1 saturated heterocycles. The summed E-state index contributed by atoms with van der Waals surface area (Å²) in [5.74, 6) is 0. The third kappa shape index (κ3) is 4.35. The molecule has 5 heteroatoms. The first-order valence-corrected chi connectivity index (χ1v) is 7.16. The zero-order valence-corrected chi connectivity index (χ0v) is 11.9. The van der Waals surface area contributed by atoms with E-state index in [1.165, 1.54) is 0 Å². The third-order valence-electron chi connectivity index (χ3n) is 3.57. The topological polar surface area (TPSA) is 52.7 Å². The number of rotatable bonds is 4. The van der Waals surface area contributed by atoms with Gasteiger partial charge in [-0.3, -0.25) is 9.80 Å². The Balaban J connectivity index is 1.92. The molecule has 4 nitrogen and oxygen atoms in total. The monoisotopic (exact) mass is 283 g/mol. The van der Waals surface area contributed by atoms with Gasteiger partial charge in [-0.1, -0.05) is 17.7 Å². The van der Waals surface area contributed by atoms with Gasteiger partial charge in [0, 0.05) is 36.9 Å². The number of aliphatic hydroxyl groups excluding tert-OH is 1. The van der Waals surface area contributed by atoms with Crippen LogP contribution in [0.25, 0.3) is 0 Å². The van der Waals surface area contributed by atoms with E-state index in [-0.39, 0.29) is 6.61 Å².